The zero-order chi connectivity index (χ0) is 14.5. The lowest BCUT2D eigenvalue weighted by Crippen LogP contribution is -2.19. The summed E-state index contributed by atoms with van der Waals surface area (Å²) in [4.78, 5) is 20.1. The summed E-state index contributed by atoms with van der Waals surface area (Å²) in [5.74, 6) is -0.192. The fraction of sp³-hybridized carbons (Fsp3) is 0.400. The number of hydrogen-bond donors (Lipinski definition) is 0. The van der Waals surface area contributed by atoms with Crippen LogP contribution in [-0.4, -0.2) is 42.9 Å². The maximum atomic E-state index is 12.0. The number of nitriles is 1. The van der Waals surface area contributed by atoms with Gasteiger partial charge in [0, 0.05) is 39.5 Å². The Morgan fingerprint density at radius 1 is 1.40 bits per heavy atom. The summed E-state index contributed by atoms with van der Waals surface area (Å²) >= 11 is 0. The third-order valence-corrected chi connectivity index (χ3v) is 3.20. The predicted molar refractivity (Wildman–Crippen MR) is 77.6 cm³/mol. The number of aromatic nitrogens is 1. The molecule has 0 saturated carbocycles. The maximum Gasteiger partial charge on any atom is 0.205 e. The van der Waals surface area contributed by atoms with E-state index in [9.17, 15) is 10.1 Å². The van der Waals surface area contributed by atoms with Gasteiger partial charge in [0.2, 0.25) is 5.78 Å². The molecule has 2 rings (SSSR count). The van der Waals surface area contributed by atoms with Gasteiger partial charge in [-0.2, -0.15) is 5.26 Å². The van der Waals surface area contributed by atoms with E-state index < -0.39 is 0 Å². The smallest absolute Gasteiger partial charge is 0.205 e. The van der Waals surface area contributed by atoms with Gasteiger partial charge < -0.3 is 9.80 Å². The lowest BCUT2D eigenvalue weighted by atomic mass is 10.2. The van der Waals surface area contributed by atoms with Crippen LogP contribution in [-0.2, 0) is 0 Å². The van der Waals surface area contributed by atoms with Crippen molar-refractivity contribution in [3.63, 3.8) is 0 Å². The molecule has 1 fully saturated rings. The van der Waals surface area contributed by atoms with Gasteiger partial charge in [0.05, 0.1) is 5.69 Å². The number of carbonyl (C=O) groups excluding carboxylic acids is 1. The first-order valence-electron chi connectivity index (χ1n) is 6.67. The summed E-state index contributed by atoms with van der Waals surface area (Å²) in [6, 6.07) is 5.61. The highest BCUT2D eigenvalue weighted by atomic mass is 16.1. The van der Waals surface area contributed by atoms with Gasteiger partial charge in [0.25, 0.3) is 0 Å². The molecule has 0 aliphatic carbocycles. The Bertz CT molecular complexity index is 566. The molecule has 1 aliphatic rings. The van der Waals surface area contributed by atoms with Crippen molar-refractivity contribution >= 4 is 11.5 Å². The monoisotopic (exact) mass is 270 g/mol. The van der Waals surface area contributed by atoms with Gasteiger partial charge in [-0.1, -0.05) is 0 Å². The second kappa shape index (κ2) is 6.20. The van der Waals surface area contributed by atoms with Crippen molar-refractivity contribution in [1.82, 2.24) is 9.88 Å². The number of rotatable bonds is 4. The van der Waals surface area contributed by atoms with Crippen LogP contribution in [0.4, 0.5) is 5.69 Å². The van der Waals surface area contributed by atoms with Gasteiger partial charge in [-0.15, -0.1) is 0 Å². The quantitative estimate of drug-likeness (QED) is 0.617. The summed E-state index contributed by atoms with van der Waals surface area (Å²) in [5.41, 5.74) is 1.47. The van der Waals surface area contributed by atoms with E-state index >= 15 is 0 Å². The van der Waals surface area contributed by atoms with E-state index in [-0.39, 0.29) is 5.78 Å². The van der Waals surface area contributed by atoms with Crippen molar-refractivity contribution in [3.8, 4) is 6.07 Å². The molecule has 1 saturated heterocycles. The van der Waals surface area contributed by atoms with Crippen molar-refractivity contribution in [2.24, 2.45) is 0 Å². The zero-order valence-corrected chi connectivity index (χ0v) is 11.8. The molecule has 0 amide bonds. The molecule has 1 aromatic heterocycles. The second-order valence-electron chi connectivity index (χ2n) is 5.01. The Hall–Kier alpha value is -2.35. The highest BCUT2D eigenvalue weighted by molar-refractivity contribution is 6.03. The minimum Gasteiger partial charge on any atom is -0.383 e. The van der Waals surface area contributed by atoms with Gasteiger partial charge in [-0.3, -0.25) is 4.79 Å². The molecule has 1 aromatic rings. The Kier molecular flexibility index (Phi) is 4.36. The lowest BCUT2D eigenvalue weighted by Gasteiger charge is -2.18. The van der Waals surface area contributed by atoms with Crippen molar-refractivity contribution in [3.05, 3.63) is 35.8 Å². The minimum absolute atomic E-state index is 0.192. The molecule has 2 heterocycles. The molecule has 20 heavy (non-hydrogen) atoms. The normalized spacial score (nSPS) is 14.6. The van der Waals surface area contributed by atoms with E-state index in [0.717, 1.165) is 31.6 Å². The van der Waals surface area contributed by atoms with Crippen molar-refractivity contribution in [2.45, 2.75) is 12.8 Å². The van der Waals surface area contributed by atoms with Crippen LogP contribution in [0, 0.1) is 11.3 Å². The highest BCUT2D eigenvalue weighted by Crippen LogP contribution is 2.23. The average molecular weight is 270 g/mol. The lowest BCUT2D eigenvalue weighted by molar-refractivity contribution is 0.104. The average Bonchev–Trinajstić information content (AvgIpc) is 2.97. The van der Waals surface area contributed by atoms with E-state index in [0.29, 0.717) is 11.4 Å². The summed E-state index contributed by atoms with van der Waals surface area (Å²) in [7, 11) is 3.68. The van der Waals surface area contributed by atoms with Crippen LogP contribution >= 0.6 is 0 Å². The molecule has 5 heteroatoms. The molecule has 0 unspecified atom stereocenters. The van der Waals surface area contributed by atoms with Gasteiger partial charge in [0.1, 0.15) is 11.8 Å². The summed E-state index contributed by atoms with van der Waals surface area (Å²) < 4.78 is 0. The fourth-order valence-electron chi connectivity index (χ4n) is 2.19. The van der Waals surface area contributed by atoms with Crippen LogP contribution in [0.25, 0.3) is 0 Å². The van der Waals surface area contributed by atoms with Crippen LogP contribution < -0.4 is 4.90 Å². The van der Waals surface area contributed by atoms with Gasteiger partial charge >= 0.3 is 0 Å². The fourth-order valence-corrected chi connectivity index (χ4v) is 2.19. The Balaban J connectivity index is 2.25. The molecular weight excluding hydrogens is 252 g/mol. The largest absolute Gasteiger partial charge is 0.383 e. The molecule has 104 valence electrons. The number of pyridine rings is 1. The van der Waals surface area contributed by atoms with Crippen molar-refractivity contribution in [1.29, 1.82) is 5.26 Å². The number of nitrogens with zero attached hydrogens (tertiary/aromatic N) is 4. The molecule has 1 aliphatic heterocycles. The number of allylic oxidation sites excluding steroid dienone is 1. The van der Waals surface area contributed by atoms with Gasteiger partial charge in [-0.25, -0.2) is 4.98 Å². The van der Waals surface area contributed by atoms with E-state index in [4.69, 9.17) is 0 Å². The standard InChI is InChI=1S/C15H18N4O/c1-18(2)10-7-15(20)12-5-6-14(13(11-16)17-12)19-8-3-4-9-19/h5-7,10H,3-4,8-9H2,1-2H3. The molecule has 0 bridgehead atoms. The van der Waals surface area contributed by atoms with Crippen molar-refractivity contribution in [2.75, 3.05) is 32.1 Å². The van der Waals surface area contributed by atoms with Gasteiger partial charge in [0.15, 0.2) is 5.69 Å². The van der Waals surface area contributed by atoms with Crippen LogP contribution in [0.1, 0.15) is 29.0 Å². The number of carbonyl (C=O) groups is 1. The summed E-state index contributed by atoms with van der Waals surface area (Å²) in [6.45, 7) is 1.90. The molecular formula is C15H18N4O. The summed E-state index contributed by atoms with van der Waals surface area (Å²) in [5, 5.41) is 9.23. The topological polar surface area (TPSA) is 60.2 Å². The van der Waals surface area contributed by atoms with Crippen LogP contribution in [0.15, 0.2) is 24.4 Å². The maximum absolute atomic E-state index is 12.0. The zero-order valence-electron chi connectivity index (χ0n) is 11.8. The van der Waals surface area contributed by atoms with Crippen LogP contribution in [0.3, 0.4) is 0 Å². The van der Waals surface area contributed by atoms with E-state index in [1.807, 2.05) is 20.2 Å². The minimum atomic E-state index is -0.192. The molecule has 0 radical (unpaired) electrons. The third kappa shape index (κ3) is 3.15. The van der Waals surface area contributed by atoms with Gasteiger partial charge in [-0.05, 0) is 25.0 Å². The first-order chi connectivity index (χ1) is 9.61. The summed E-state index contributed by atoms with van der Waals surface area (Å²) in [6.07, 6.45) is 5.40. The van der Waals surface area contributed by atoms with Crippen molar-refractivity contribution < 1.29 is 4.79 Å². The molecule has 0 aromatic carbocycles. The predicted octanol–water partition coefficient (Wildman–Crippen LogP) is 1.81. The number of hydrogen-bond acceptors (Lipinski definition) is 5. The number of anilines is 1. The molecule has 0 N–H and O–H groups in total. The SMILES string of the molecule is CN(C)C=CC(=O)c1ccc(N2CCCC2)c(C#N)n1. The first-order valence-corrected chi connectivity index (χ1v) is 6.67. The number of ketones is 1. The Labute approximate surface area is 119 Å². The molecule has 0 spiro atoms. The third-order valence-electron chi connectivity index (χ3n) is 3.20. The van der Waals surface area contributed by atoms with Crippen LogP contribution in [0.2, 0.25) is 0 Å². The Morgan fingerprint density at radius 3 is 2.70 bits per heavy atom. The van der Waals surface area contributed by atoms with Crippen LogP contribution in [0.5, 0.6) is 0 Å². The van der Waals surface area contributed by atoms with E-state index in [2.05, 4.69) is 16.0 Å². The Morgan fingerprint density at radius 2 is 2.10 bits per heavy atom. The molecule has 5 nitrogen and oxygen atoms in total. The molecule has 0 atom stereocenters. The first kappa shape index (κ1) is 14.1. The van der Waals surface area contributed by atoms with E-state index in [1.54, 1.807) is 17.2 Å². The highest BCUT2D eigenvalue weighted by Gasteiger charge is 2.18. The van der Waals surface area contributed by atoms with E-state index in [1.165, 1.54) is 6.08 Å². The second-order valence-corrected chi connectivity index (χ2v) is 5.01.